The van der Waals surface area contributed by atoms with Gasteiger partial charge in [0.05, 0.1) is 0 Å². The molecule has 1 saturated heterocycles. The molecule has 1 aliphatic heterocycles. The fourth-order valence-corrected chi connectivity index (χ4v) is 2.89. The van der Waals surface area contributed by atoms with Crippen molar-refractivity contribution in [3.8, 4) is 0 Å². The van der Waals surface area contributed by atoms with Crippen LogP contribution < -0.4 is 16.4 Å². The van der Waals surface area contributed by atoms with Crippen molar-refractivity contribution in [3.05, 3.63) is 29.8 Å². The number of nitrogens with zero attached hydrogens (tertiary/aromatic N) is 1. The van der Waals surface area contributed by atoms with Crippen molar-refractivity contribution in [1.82, 2.24) is 10.2 Å². The first kappa shape index (κ1) is 26.6. The Balaban J connectivity index is 0.00000364. The molecule has 0 saturated carbocycles. The number of carbonyl (C=O) groups excluding carboxylic acids is 2. The van der Waals surface area contributed by atoms with Crippen molar-refractivity contribution in [3.63, 3.8) is 0 Å². The number of rotatable bonds is 8. The van der Waals surface area contributed by atoms with E-state index in [0.29, 0.717) is 43.9 Å². The van der Waals surface area contributed by atoms with Crippen LogP contribution in [0.1, 0.15) is 37.0 Å². The molecule has 4 N–H and O–H groups in total. The van der Waals surface area contributed by atoms with Crippen molar-refractivity contribution < 1.29 is 14.3 Å². The van der Waals surface area contributed by atoms with Gasteiger partial charge in [-0.1, -0.05) is 13.8 Å². The summed E-state index contributed by atoms with van der Waals surface area (Å²) in [5.41, 5.74) is 6.48. The Morgan fingerprint density at radius 1 is 1.11 bits per heavy atom. The molecule has 160 valence electrons. The van der Waals surface area contributed by atoms with E-state index >= 15 is 0 Å². The quantitative estimate of drug-likeness (QED) is 0.581. The van der Waals surface area contributed by atoms with Crippen LogP contribution in [-0.4, -0.2) is 61.6 Å². The van der Waals surface area contributed by atoms with Crippen LogP contribution in [0.2, 0.25) is 0 Å². The molecule has 1 heterocycles. The smallest absolute Gasteiger partial charge is 0.251 e. The van der Waals surface area contributed by atoms with Crippen LogP contribution >= 0.6 is 24.8 Å². The number of carbonyl (C=O) groups is 2. The summed E-state index contributed by atoms with van der Waals surface area (Å²) < 4.78 is 5.26. The van der Waals surface area contributed by atoms with E-state index in [1.165, 1.54) is 0 Å². The van der Waals surface area contributed by atoms with E-state index < -0.39 is 5.54 Å². The van der Waals surface area contributed by atoms with Gasteiger partial charge in [-0.25, -0.2) is 0 Å². The number of nitrogens with two attached hydrogens (primary N) is 1. The molecule has 1 aliphatic rings. The number of anilines is 1. The summed E-state index contributed by atoms with van der Waals surface area (Å²) in [5.74, 6) is -0.327. The number of hydrogen-bond donors (Lipinski definition) is 3. The maximum absolute atomic E-state index is 12.4. The second kappa shape index (κ2) is 13.0. The Hall–Kier alpha value is -1.38. The third-order valence-electron chi connectivity index (χ3n) is 4.85. The molecule has 2 rings (SSSR count). The summed E-state index contributed by atoms with van der Waals surface area (Å²) in [6, 6.07) is 6.85. The Bertz CT molecular complexity index is 604. The van der Waals surface area contributed by atoms with E-state index in [1.807, 2.05) is 0 Å². The molecule has 2 amide bonds. The lowest BCUT2D eigenvalue weighted by atomic mass is 9.90. The van der Waals surface area contributed by atoms with E-state index in [0.717, 1.165) is 19.6 Å². The van der Waals surface area contributed by atoms with Crippen LogP contribution in [0.15, 0.2) is 24.3 Å². The van der Waals surface area contributed by atoms with Gasteiger partial charge in [0.1, 0.15) is 5.54 Å². The van der Waals surface area contributed by atoms with Crippen LogP contribution in [0.5, 0.6) is 0 Å². The third-order valence-corrected chi connectivity index (χ3v) is 4.85. The molecule has 7 nitrogen and oxygen atoms in total. The average Bonchev–Trinajstić information content (AvgIpc) is 2.66. The number of hydrogen-bond acceptors (Lipinski definition) is 5. The third kappa shape index (κ3) is 7.56. The Morgan fingerprint density at radius 2 is 1.68 bits per heavy atom. The normalized spacial score (nSPS) is 15.1. The van der Waals surface area contributed by atoms with Crippen molar-refractivity contribution >= 4 is 42.3 Å². The van der Waals surface area contributed by atoms with Crippen LogP contribution in [0, 0.1) is 0 Å². The molecule has 0 aromatic heterocycles. The summed E-state index contributed by atoms with van der Waals surface area (Å²) in [6.07, 6.45) is 1.01. The van der Waals surface area contributed by atoms with Gasteiger partial charge in [0.2, 0.25) is 5.91 Å². The van der Waals surface area contributed by atoms with Gasteiger partial charge in [-0.2, -0.15) is 0 Å². The zero-order valence-electron chi connectivity index (χ0n) is 16.5. The minimum Gasteiger partial charge on any atom is -0.381 e. The first-order valence-electron chi connectivity index (χ1n) is 9.27. The number of likely N-dealkylation sites (N-methyl/N-ethyl adjacent to an activating group) is 1. The molecule has 0 aliphatic carbocycles. The van der Waals surface area contributed by atoms with Gasteiger partial charge in [-0.3, -0.25) is 9.59 Å². The lowest BCUT2D eigenvalue weighted by Crippen LogP contribution is -2.54. The van der Waals surface area contributed by atoms with Gasteiger partial charge in [-0.15, -0.1) is 24.8 Å². The highest BCUT2D eigenvalue weighted by Gasteiger charge is 2.35. The second-order valence-electron chi connectivity index (χ2n) is 6.58. The Morgan fingerprint density at radius 3 is 2.21 bits per heavy atom. The highest BCUT2D eigenvalue weighted by molar-refractivity contribution is 5.99. The van der Waals surface area contributed by atoms with Gasteiger partial charge in [0.15, 0.2) is 0 Å². The molecular formula is C19H32Cl2N4O3. The maximum atomic E-state index is 12.4. The summed E-state index contributed by atoms with van der Waals surface area (Å²) in [4.78, 5) is 26.8. The molecule has 1 aromatic rings. The number of amides is 2. The monoisotopic (exact) mass is 434 g/mol. The highest BCUT2D eigenvalue weighted by Crippen LogP contribution is 2.20. The maximum Gasteiger partial charge on any atom is 0.251 e. The molecule has 0 atom stereocenters. The first-order chi connectivity index (χ1) is 12.5. The van der Waals surface area contributed by atoms with Crippen molar-refractivity contribution in [2.24, 2.45) is 5.73 Å². The molecule has 0 spiro atoms. The van der Waals surface area contributed by atoms with Crippen LogP contribution in [0.4, 0.5) is 5.69 Å². The number of ether oxygens (including phenoxy) is 1. The zero-order chi connectivity index (χ0) is 19.0. The van der Waals surface area contributed by atoms with E-state index in [9.17, 15) is 9.59 Å². The van der Waals surface area contributed by atoms with Crippen LogP contribution in [0.3, 0.4) is 0 Å². The number of nitrogens with one attached hydrogen (secondary N) is 2. The standard InChI is InChI=1S/C19H30N4O3.2ClH/c1-3-23(4-2)12-11-21-17(24)15-5-7-16(8-6-15)22-18(25)19(20)9-13-26-14-10-19;;/h5-8H,3-4,9-14,20H2,1-2H3,(H,21,24)(H,22,25);2*1H. The summed E-state index contributed by atoms with van der Waals surface area (Å²) in [7, 11) is 0. The van der Waals surface area contributed by atoms with Crippen molar-refractivity contribution in [2.75, 3.05) is 44.7 Å². The molecular weight excluding hydrogens is 403 g/mol. The van der Waals surface area contributed by atoms with Crippen LogP contribution in [0.25, 0.3) is 0 Å². The Labute approximate surface area is 179 Å². The van der Waals surface area contributed by atoms with Crippen molar-refractivity contribution in [1.29, 1.82) is 0 Å². The fourth-order valence-electron chi connectivity index (χ4n) is 2.89. The van der Waals surface area contributed by atoms with Crippen LogP contribution in [-0.2, 0) is 9.53 Å². The lowest BCUT2D eigenvalue weighted by Gasteiger charge is -2.31. The minimum absolute atomic E-state index is 0. The lowest BCUT2D eigenvalue weighted by molar-refractivity contribution is -0.124. The zero-order valence-corrected chi connectivity index (χ0v) is 18.2. The van der Waals surface area contributed by atoms with Gasteiger partial charge in [-0.05, 0) is 50.2 Å². The fraction of sp³-hybridized carbons (Fsp3) is 0.579. The summed E-state index contributed by atoms with van der Waals surface area (Å²) in [6.45, 7) is 8.57. The number of halogens is 2. The Kier molecular flexibility index (Phi) is 12.3. The molecule has 0 unspecified atom stereocenters. The molecule has 9 heteroatoms. The summed E-state index contributed by atoms with van der Waals surface area (Å²) in [5, 5.41) is 5.75. The molecule has 28 heavy (non-hydrogen) atoms. The molecule has 0 radical (unpaired) electrons. The predicted molar refractivity (Wildman–Crippen MR) is 117 cm³/mol. The topological polar surface area (TPSA) is 96.7 Å². The van der Waals surface area contributed by atoms with Crippen molar-refractivity contribution in [2.45, 2.75) is 32.2 Å². The van der Waals surface area contributed by atoms with E-state index in [1.54, 1.807) is 24.3 Å². The first-order valence-corrected chi connectivity index (χ1v) is 9.27. The van der Waals surface area contributed by atoms with Gasteiger partial charge in [0, 0.05) is 37.6 Å². The average molecular weight is 435 g/mol. The van der Waals surface area contributed by atoms with Gasteiger partial charge >= 0.3 is 0 Å². The highest BCUT2D eigenvalue weighted by atomic mass is 35.5. The van der Waals surface area contributed by atoms with E-state index in [2.05, 4.69) is 29.4 Å². The van der Waals surface area contributed by atoms with E-state index in [-0.39, 0.29) is 36.6 Å². The van der Waals surface area contributed by atoms with Gasteiger partial charge in [0.25, 0.3) is 5.91 Å². The van der Waals surface area contributed by atoms with E-state index in [4.69, 9.17) is 10.5 Å². The largest absolute Gasteiger partial charge is 0.381 e. The number of benzene rings is 1. The molecule has 0 bridgehead atoms. The predicted octanol–water partition coefficient (Wildman–Crippen LogP) is 2.05. The second-order valence-corrected chi connectivity index (χ2v) is 6.58. The molecule has 1 aromatic carbocycles. The summed E-state index contributed by atoms with van der Waals surface area (Å²) >= 11 is 0. The SMILES string of the molecule is CCN(CC)CCNC(=O)c1ccc(NC(=O)C2(N)CCOCC2)cc1.Cl.Cl. The molecule has 1 fully saturated rings. The van der Waals surface area contributed by atoms with Gasteiger partial charge < -0.3 is 26.0 Å². The minimum atomic E-state index is -0.890.